The van der Waals surface area contributed by atoms with Crippen LogP contribution in [-0.2, 0) is 0 Å². The lowest BCUT2D eigenvalue weighted by Crippen LogP contribution is -2.44. The third-order valence-electron chi connectivity index (χ3n) is 2.92. The van der Waals surface area contributed by atoms with Crippen LogP contribution in [0.2, 0.25) is 0 Å². The standard InChI is InChI=1S/C9H14N2O3/c1-5-3-7(6(2)12)10-4-8(5)11(14)9(10)13/h3,6-8,12,14H,4H2,1-2H3/t6?,7-,8-/m0/s1. The number of urea groups is 1. The number of aliphatic hydroxyl groups excluding tert-OH is 1. The van der Waals surface area contributed by atoms with E-state index in [0.717, 1.165) is 10.6 Å². The molecule has 1 fully saturated rings. The molecule has 2 heterocycles. The highest BCUT2D eigenvalue weighted by Gasteiger charge is 2.45. The van der Waals surface area contributed by atoms with E-state index in [1.807, 2.05) is 13.0 Å². The van der Waals surface area contributed by atoms with Crippen LogP contribution in [0, 0.1) is 0 Å². The van der Waals surface area contributed by atoms with Crippen LogP contribution in [0.5, 0.6) is 0 Å². The van der Waals surface area contributed by atoms with Gasteiger partial charge >= 0.3 is 6.03 Å². The van der Waals surface area contributed by atoms with Crippen molar-refractivity contribution in [2.24, 2.45) is 0 Å². The molecule has 0 aliphatic carbocycles. The lowest BCUT2D eigenvalue weighted by atomic mass is 9.99. The van der Waals surface area contributed by atoms with Gasteiger partial charge < -0.3 is 10.0 Å². The van der Waals surface area contributed by atoms with Gasteiger partial charge in [-0.15, -0.1) is 0 Å². The Labute approximate surface area is 82.2 Å². The van der Waals surface area contributed by atoms with Crippen LogP contribution in [-0.4, -0.2) is 51.0 Å². The molecule has 0 saturated carbocycles. The smallest absolute Gasteiger partial charge is 0.345 e. The van der Waals surface area contributed by atoms with Crippen molar-refractivity contribution in [2.75, 3.05) is 6.54 Å². The number of hydroxylamine groups is 2. The Bertz CT molecular complexity index is 300. The minimum absolute atomic E-state index is 0.238. The number of rotatable bonds is 1. The highest BCUT2D eigenvalue weighted by molar-refractivity contribution is 5.78. The Kier molecular flexibility index (Phi) is 2.01. The number of fused-ring (bicyclic) bond motifs is 2. The predicted octanol–water partition coefficient (Wildman–Crippen LogP) is 0.191. The van der Waals surface area contributed by atoms with E-state index in [9.17, 15) is 15.1 Å². The van der Waals surface area contributed by atoms with E-state index in [4.69, 9.17) is 0 Å². The molecular weight excluding hydrogens is 184 g/mol. The molecule has 1 saturated heterocycles. The first kappa shape index (κ1) is 9.48. The predicted molar refractivity (Wildman–Crippen MR) is 48.7 cm³/mol. The largest absolute Gasteiger partial charge is 0.391 e. The van der Waals surface area contributed by atoms with Crippen LogP contribution in [0.15, 0.2) is 11.6 Å². The average Bonchev–Trinajstić information content (AvgIpc) is 2.37. The van der Waals surface area contributed by atoms with E-state index in [-0.39, 0.29) is 12.1 Å². The van der Waals surface area contributed by atoms with E-state index in [0.29, 0.717) is 6.54 Å². The van der Waals surface area contributed by atoms with Crippen molar-refractivity contribution in [3.8, 4) is 0 Å². The zero-order chi connectivity index (χ0) is 10.5. The Morgan fingerprint density at radius 2 is 2.29 bits per heavy atom. The van der Waals surface area contributed by atoms with Gasteiger partial charge in [0.05, 0.1) is 24.7 Å². The molecule has 0 radical (unpaired) electrons. The molecule has 0 aromatic heterocycles. The summed E-state index contributed by atoms with van der Waals surface area (Å²) >= 11 is 0. The van der Waals surface area contributed by atoms with Gasteiger partial charge in [0.2, 0.25) is 0 Å². The van der Waals surface area contributed by atoms with Gasteiger partial charge in [-0.25, -0.2) is 4.79 Å². The molecule has 0 aromatic carbocycles. The van der Waals surface area contributed by atoms with Gasteiger partial charge in [-0.1, -0.05) is 6.08 Å². The normalized spacial score (nSPS) is 33.4. The number of amides is 2. The molecule has 5 nitrogen and oxygen atoms in total. The van der Waals surface area contributed by atoms with Crippen molar-refractivity contribution in [1.82, 2.24) is 9.96 Å². The molecule has 5 heteroatoms. The van der Waals surface area contributed by atoms with Gasteiger partial charge in [-0.3, -0.25) is 5.21 Å². The van der Waals surface area contributed by atoms with Crippen LogP contribution in [0.4, 0.5) is 4.79 Å². The van der Waals surface area contributed by atoms with Crippen LogP contribution in [0.3, 0.4) is 0 Å². The zero-order valence-electron chi connectivity index (χ0n) is 8.21. The molecule has 0 spiro atoms. The molecule has 3 atom stereocenters. The molecule has 1 unspecified atom stereocenters. The molecule has 0 aromatic rings. The molecule has 14 heavy (non-hydrogen) atoms. The number of nitrogens with zero attached hydrogens (tertiary/aromatic N) is 2. The van der Waals surface area contributed by atoms with Crippen LogP contribution in [0.1, 0.15) is 13.8 Å². The fraction of sp³-hybridized carbons (Fsp3) is 0.667. The molecule has 2 amide bonds. The summed E-state index contributed by atoms with van der Waals surface area (Å²) < 4.78 is 0. The Hall–Kier alpha value is -1.07. The maximum absolute atomic E-state index is 11.5. The van der Waals surface area contributed by atoms with E-state index in [2.05, 4.69) is 0 Å². The third-order valence-corrected chi connectivity index (χ3v) is 2.92. The fourth-order valence-corrected chi connectivity index (χ4v) is 2.06. The summed E-state index contributed by atoms with van der Waals surface area (Å²) in [5.74, 6) is 0. The summed E-state index contributed by atoms with van der Waals surface area (Å²) in [4.78, 5) is 13.0. The number of hydrogen-bond donors (Lipinski definition) is 2. The van der Waals surface area contributed by atoms with Crippen molar-refractivity contribution < 1.29 is 15.1 Å². The summed E-state index contributed by atoms with van der Waals surface area (Å²) in [6, 6.07) is -0.970. The van der Waals surface area contributed by atoms with Crippen molar-refractivity contribution >= 4 is 6.03 Å². The number of aliphatic hydroxyl groups is 1. The highest BCUT2D eigenvalue weighted by Crippen LogP contribution is 2.29. The maximum atomic E-state index is 11.5. The molecular formula is C9H14N2O3. The van der Waals surface area contributed by atoms with Crippen LogP contribution >= 0.6 is 0 Å². The van der Waals surface area contributed by atoms with Gasteiger partial charge in [-0.05, 0) is 19.4 Å². The minimum Gasteiger partial charge on any atom is -0.391 e. The second-order valence-corrected chi connectivity index (χ2v) is 3.94. The molecule has 2 aliphatic rings. The van der Waals surface area contributed by atoms with E-state index in [1.165, 1.54) is 4.90 Å². The topological polar surface area (TPSA) is 64.0 Å². The fourth-order valence-electron chi connectivity index (χ4n) is 2.06. The lowest BCUT2D eigenvalue weighted by Gasteiger charge is -2.30. The Balaban J connectivity index is 2.34. The van der Waals surface area contributed by atoms with Gasteiger partial charge in [0.15, 0.2) is 0 Å². The van der Waals surface area contributed by atoms with E-state index < -0.39 is 12.1 Å². The van der Waals surface area contributed by atoms with Gasteiger partial charge in [0.1, 0.15) is 0 Å². The minimum atomic E-state index is -0.610. The highest BCUT2D eigenvalue weighted by atomic mass is 16.5. The Morgan fingerprint density at radius 1 is 1.64 bits per heavy atom. The lowest BCUT2D eigenvalue weighted by molar-refractivity contribution is -0.0480. The summed E-state index contributed by atoms with van der Waals surface area (Å²) in [5, 5.41) is 19.7. The average molecular weight is 198 g/mol. The number of carbonyl (C=O) groups is 1. The third kappa shape index (κ3) is 1.13. The van der Waals surface area contributed by atoms with Crippen LogP contribution < -0.4 is 0 Å². The van der Waals surface area contributed by atoms with Gasteiger partial charge in [-0.2, -0.15) is 5.06 Å². The van der Waals surface area contributed by atoms with Gasteiger partial charge in [0, 0.05) is 0 Å². The quantitative estimate of drug-likeness (QED) is 0.467. The van der Waals surface area contributed by atoms with Crippen molar-refractivity contribution in [1.29, 1.82) is 0 Å². The molecule has 2 bridgehead atoms. The summed E-state index contributed by atoms with van der Waals surface area (Å²) in [7, 11) is 0. The van der Waals surface area contributed by atoms with Crippen molar-refractivity contribution in [3.05, 3.63) is 11.6 Å². The Morgan fingerprint density at radius 3 is 2.86 bits per heavy atom. The summed E-state index contributed by atoms with van der Waals surface area (Å²) in [6.45, 7) is 3.97. The van der Waals surface area contributed by atoms with Crippen LogP contribution in [0.25, 0.3) is 0 Å². The number of carbonyl (C=O) groups excluding carboxylic acids is 1. The summed E-state index contributed by atoms with van der Waals surface area (Å²) in [5.41, 5.74) is 0.931. The molecule has 2 aliphatic heterocycles. The second-order valence-electron chi connectivity index (χ2n) is 3.94. The molecule has 78 valence electrons. The van der Waals surface area contributed by atoms with Crippen molar-refractivity contribution in [3.63, 3.8) is 0 Å². The zero-order valence-corrected chi connectivity index (χ0v) is 8.21. The first-order valence-corrected chi connectivity index (χ1v) is 4.67. The first-order valence-electron chi connectivity index (χ1n) is 4.67. The van der Waals surface area contributed by atoms with Crippen molar-refractivity contribution in [2.45, 2.75) is 32.0 Å². The summed E-state index contributed by atoms with van der Waals surface area (Å²) in [6.07, 6.45) is 1.23. The number of hydrogen-bond acceptors (Lipinski definition) is 3. The monoisotopic (exact) mass is 198 g/mol. The second kappa shape index (κ2) is 2.96. The van der Waals surface area contributed by atoms with Gasteiger partial charge in [0.25, 0.3) is 0 Å². The molecule has 2 N–H and O–H groups in total. The van der Waals surface area contributed by atoms with E-state index in [1.54, 1.807) is 6.92 Å². The van der Waals surface area contributed by atoms with E-state index >= 15 is 0 Å². The first-order chi connectivity index (χ1) is 6.52. The molecule has 2 rings (SSSR count). The SMILES string of the molecule is CC1=C[C@@H](C(C)O)N2C[C@@H]1N(O)C2=O. The maximum Gasteiger partial charge on any atom is 0.345 e.